The van der Waals surface area contributed by atoms with Crippen LogP contribution in [0, 0.1) is 0 Å². The summed E-state index contributed by atoms with van der Waals surface area (Å²) in [6.45, 7) is 3.43. The minimum absolute atomic E-state index is 0.0235. The van der Waals surface area contributed by atoms with Crippen LogP contribution < -0.4 is 0 Å². The molecule has 0 spiro atoms. The topological polar surface area (TPSA) is 97.8 Å². The molecule has 0 radical (unpaired) electrons. The van der Waals surface area contributed by atoms with Crippen molar-refractivity contribution in [3.05, 3.63) is 47.4 Å². The van der Waals surface area contributed by atoms with Crippen LogP contribution in [0.4, 0.5) is 0 Å². The quantitative estimate of drug-likeness (QED) is 0.803. The minimum Gasteiger partial charge on any atom is -0.265 e. The van der Waals surface area contributed by atoms with E-state index in [0.29, 0.717) is 16.6 Å². The maximum atomic E-state index is 11.4. The minimum atomic E-state index is -0.491. The van der Waals surface area contributed by atoms with Gasteiger partial charge < -0.3 is 0 Å². The van der Waals surface area contributed by atoms with E-state index in [1.165, 1.54) is 11.8 Å². The van der Waals surface area contributed by atoms with Crippen LogP contribution >= 0.6 is 23.4 Å². The number of amidine groups is 1. The number of carbonyl (C=O) groups is 1. The lowest BCUT2D eigenvalue weighted by Crippen LogP contribution is -2.06. The van der Waals surface area contributed by atoms with Crippen LogP contribution in [0.2, 0.25) is 5.02 Å². The maximum Gasteiger partial charge on any atom is 0.299 e. The van der Waals surface area contributed by atoms with Crippen LogP contribution in [0.5, 0.6) is 0 Å². The molecule has 1 aromatic carbocycles. The largest absolute Gasteiger partial charge is 0.299 e. The molecule has 1 aliphatic heterocycles. The molecule has 0 unspecified atom stereocenters. The van der Waals surface area contributed by atoms with Crippen LogP contribution in [0.15, 0.2) is 51.8 Å². The molecule has 1 aromatic heterocycles. The molecular weight excluding hydrogens is 326 g/mol. The highest BCUT2D eigenvalue weighted by Gasteiger charge is 2.15. The van der Waals surface area contributed by atoms with Gasteiger partial charge in [0.15, 0.2) is 5.82 Å². The van der Waals surface area contributed by atoms with E-state index < -0.39 is 5.91 Å². The first-order valence-corrected chi connectivity index (χ1v) is 7.39. The lowest BCUT2D eigenvalue weighted by molar-refractivity contribution is -0.114. The SMILES string of the molecule is C=C1N=NC(SCc2nnnn2-c2ccc(Cl)cc2)=NC1=O. The van der Waals surface area contributed by atoms with Crippen molar-refractivity contribution in [2.75, 3.05) is 0 Å². The predicted octanol–water partition coefficient (Wildman–Crippen LogP) is 2.41. The molecule has 3 rings (SSSR count). The van der Waals surface area contributed by atoms with Crippen molar-refractivity contribution in [1.82, 2.24) is 20.2 Å². The van der Waals surface area contributed by atoms with Gasteiger partial charge in [0.25, 0.3) is 5.91 Å². The first-order valence-electron chi connectivity index (χ1n) is 6.03. The van der Waals surface area contributed by atoms with Gasteiger partial charge in [0.2, 0.25) is 5.17 Å². The summed E-state index contributed by atoms with van der Waals surface area (Å²) in [5.41, 5.74) is 0.803. The lowest BCUT2D eigenvalue weighted by atomic mass is 10.3. The lowest BCUT2D eigenvalue weighted by Gasteiger charge is -2.05. The summed E-state index contributed by atoms with van der Waals surface area (Å²) >= 11 is 7.07. The molecule has 0 N–H and O–H groups in total. The average molecular weight is 334 g/mol. The number of carbonyl (C=O) groups excluding carboxylic acids is 1. The van der Waals surface area contributed by atoms with Crippen LogP contribution in [-0.4, -0.2) is 31.3 Å². The summed E-state index contributed by atoms with van der Waals surface area (Å²) in [6.07, 6.45) is 0. The van der Waals surface area contributed by atoms with E-state index in [0.717, 1.165) is 5.69 Å². The number of nitrogens with zero attached hydrogens (tertiary/aromatic N) is 7. The fourth-order valence-electron chi connectivity index (χ4n) is 1.59. The van der Waals surface area contributed by atoms with Crippen molar-refractivity contribution >= 4 is 34.4 Å². The Morgan fingerprint density at radius 1 is 1.23 bits per heavy atom. The highest BCUT2D eigenvalue weighted by atomic mass is 35.5. The van der Waals surface area contributed by atoms with Crippen molar-refractivity contribution < 1.29 is 4.79 Å². The van der Waals surface area contributed by atoms with Crippen LogP contribution in [0.25, 0.3) is 5.69 Å². The first-order chi connectivity index (χ1) is 10.6. The van der Waals surface area contributed by atoms with Gasteiger partial charge in [0.1, 0.15) is 5.70 Å². The zero-order valence-electron chi connectivity index (χ0n) is 11.0. The molecule has 2 heterocycles. The van der Waals surface area contributed by atoms with Crippen molar-refractivity contribution in [3.63, 3.8) is 0 Å². The Bertz CT molecular complexity index is 796. The number of benzene rings is 1. The summed E-state index contributed by atoms with van der Waals surface area (Å²) in [6, 6.07) is 7.11. The average Bonchev–Trinajstić information content (AvgIpc) is 2.98. The number of tetrazole rings is 1. The summed E-state index contributed by atoms with van der Waals surface area (Å²) in [5.74, 6) is 0.476. The number of azo groups is 1. The van der Waals surface area contributed by atoms with Gasteiger partial charge in [0.05, 0.1) is 11.4 Å². The number of aliphatic imine (C=N–C) groups is 1. The second-order valence-electron chi connectivity index (χ2n) is 4.12. The van der Waals surface area contributed by atoms with Crippen LogP contribution in [0.1, 0.15) is 5.82 Å². The van der Waals surface area contributed by atoms with Gasteiger partial charge in [-0.05, 0) is 34.7 Å². The van der Waals surface area contributed by atoms with Gasteiger partial charge in [-0.15, -0.1) is 15.3 Å². The Morgan fingerprint density at radius 2 is 2.00 bits per heavy atom. The molecule has 0 saturated carbocycles. The monoisotopic (exact) mass is 333 g/mol. The Hall–Kier alpha value is -2.39. The highest BCUT2D eigenvalue weighted by molar-refractivity contribution is 8.13. The van der Waals surface area contributed by atoms with Crippen molar-refractivity contribution in [1.29, 1.82) is 0 Å². The third-order valence-corrected chi connectivity index (χ3v) is 3.72. The van der Waals surface area contributed by atoms with Gasteiger partial charge in [-0.3, -0.25) is 4.79 Å². The van der Waals surface area contributed by atoms with E-state index in [1.54, 1.807) is 28.9 Å². The van der Waals surface area contributed by atoms with E-state index in [1.807, 2.05) is 0 Å². The van der Waals surface area contributed by atoms with E-state index in [4.69, 9.17) is 11.6 Å². The fourth-order valence-corrected chi connectivity index (χ4v) is 2.40. The van der Waals surface area contributed by atoms with E-state index in [9.17, 15) is 4.79 Å². The number of thioether (sulfide) groups is 1. The summed E-state index contributed by atoms with van der Waals surface area (Å²) in [5, 5.41) is 19.9. The fraction of sp³-hybridized carbons (Fsp3) is 0.0833. The molecule has 10 heteroatoms. The van der Waals surface area contributed by atoms with Crippen molar-refractivity contribution in [2.24, 2.45) is 15.2 Å². The van der Waals surface area contributed by atoms with Gasteiger partial charge in [-0.25, -0.2) is 0 Å². The van der Waals surface area contributed by atoms with E-state index in [2.05, 4.69) is 37.3 Å². The number of hydrogen-bond donors (Lipinski definition) is 0. The molecule has 0 fully saturated rings. The Morgan fingerprint density at radius 3 is 2.73 bits per heavy atom. The zero-order chi connectivity index (χ0) is 15.5. The number of hydrogen-bond acceptors (Lipinski definition) is 7. The van der Waals surface area contributed by atoms with Gasteiger partial charge in [-0.2, -0.15) is 9.67 Å². The third kappa shape index (κ3) is 3.10. The molecule has 0 saturated heterocycles. The summed E-state index contributed by atoms with van der Waals surface area (Å²) in [4.78, 5) is 15.1. The molecule has 1 aliphatic rings. The third-order valence-electron chi connectivity index (χ3n) is 2.64. The summed E-state index contributed by atoms with van der Waals surface area (Å²) in [7, 11) is 0. The smallest absolute Gasteiger partial charge is 0.265 e. The number of aromatic nitrogens is 4. The Kier molecular flexibility index (Phi) is 4.07. The molecule has 0 aliphatic carbocycles. The van der Waals surface area contributed by atoms with Crippen LogP contribution in [0.3, 0.4) is 0 Å². The van der Waals surface area contributed by atoms with Crippen LogP contribution in [-0.2, 0) is 10.5 Å². The van der Waals surface area contributed by atoms with Crippen molar-refractivity contribution in [3.8, 4) is 5.69 Å². The molecule has 2 aromatic rings. The second-order valence-corrected chi connectivity index (χ2v) is 5.50. The molecular formula is C12H8ClN7OS. The number of halogens is 1. The highest BCUT2D eigenvalue weighted by Crippen LogP contribution is 2.20. The van der Waals surface area contributed by atoms with E-state index in [-0.39, 0.29) is 10.9 Å². The maximum absolute atomic E-state index is 11.4. The Labute approximate surface area is 134 Å². The predicted molar refractivity (Wildman–Crippen MR) is 81.9 cm³/mol. The van der Waals surface area contributed by atoms with Gasteiger partial charge in [0, 0.05) is 5.02 Å². The molecule has 8 nitrogen and oxygen atoms in total. The molecule has 0 atom stereocenters. The Balaban J connectivity index is 1.75. The normalized spacial score (nSPS) is 14.3. The molecule has 0 bridgehead atoms. The number of amides is 1. The van der Waals surface area contributed by atoms with Crippen molar-refractivity contribution in [2.45, 2.75) is 5.75 Å². The molecule has 1 amide bonds. The molecule has 22 heavy (non-hydrogen) atoms. The van der Waals surface area contributed by atoms with Gasteiger partial charge in [-0.1, -0.05) is 29.9 Å². The zero-order valence-corrected chi connectivity index (χ0v) is 12.6. The standard InChI is InChI=1S/C12H8ClN7OS/c1-7-11(21)14-12(17-15-7)22-6-10-16-18-19-20(10)9-4-2-8(13)3-5-9/h2-5H,1,6H2. The first kappa shape index (κ1) is 14.5. The second kappa shape index (κ2) is 6.16. The molecule has 110 valence electrons. The summed E-state index contributed by atoms with van der Waals surface area (Å²) < 4.78 is 1.57. The van der Waals surface area contributed by atoms with E-state index >= 15 is 0 Å². The van der Waals surface area contributed by atoms with Gasteiger partial charge >= 0.3 is 0 Å². The number of rotatable bonds is 3.